The third-order valence-electron chi connectivity index (χ3n) is 8.33. The number of benzene rings is 6. The zero-order valence-electron chi connectivity index (χ0n) is 27.0. The summed E-state index contributed by atoms with van der Waals surface area (Å²) in [5, 5.41) is 4.13. The van der Waals surface area contributed by atoms with E-state index in [-0.39, 0.29) is 0 Å². The van der Waals surface area contributed by atoms with E-state index in [1.807, 2.05) is 37.3 Å². The molecule has 0 unspecified atom stereocenters. The lowest BCUT2D eigenvalue weighted by Crippen LogP contribution is -2.52. The van der Waals surface area contributed by atoms with Crippen molar-refractivity contribution in [1.82, 2.24) is 0 Å². The molecule has 0 heterocycles. The Hall–Kier alpha value is -5.64. The highest BCUT2D eigenvalue weighted by Crippen LogP contribution is 2.27. The van der Waals surface area contributed by atoms with E-state index in [0.717, 1.165) is 44.7 Å². The second kappa shape index (κ2) is 14.6. The Kier molecular flexibility index (Phi) is 9.76. The van der Waals surface area contributed by atoms with Crippen molar-refractivity contribution in [2.45, 2.75) is 13.8 Å². The average Bonchev–Trinajstić information content (AvgIpc) is 3.13. The van der Waals surface area contributed by atoms with Crippen LogP contribution in [0.4, 0.5) is 0 Å². The minimum Gasteiger partial charge on any atom is -0.233 e. The fraction of sp³-hybridized carbons (Fsp3) is 0.0455. The predicted molar refractivity (Wildman–Crippen MR) is 206 cm³/mol. The van der Waals surface area contributed by atoms with Crippen molar-refractivity contribution in [3.8, 4) is 11.1 Å². The first-order chi connectivity index (χ1) is 23.0. The fourth-order valence-electron chi connectivity index (χ4n) is 5.81. The molecule has 6 aromatic rings. The van der Waals surface area contributed by atoms with Gasteiger partial charge in [0.25, 0.3) is 0 Å². The van der Waals surface area contributed by atoms with Crippen molar-refractivity contribution in [3.63, 3.8) is 0 Å². The van der Waals surface area contributed by atoms with Crippen LogP contribution in [-0.4, -0.2) is 20.3 Å². The van der Waals surface area contributed by atoms with Gasteiger partial charge in [0.05, 0.1) is 5.70 Å². The van der Waals surface area contributed by atoms with Gasteiger partial charge in [-0.1, -0.05) is 186 Å². The molecule has 6 rings (SSSR count). The lowest BCUT2D eigenvalue weighted by atomic mass is 9.98. The summed E-state index contributed by atoms with van der Waals surface area (Å²) in [6.45, 7) is 12.6. The minimum absolute atomic E-state index is 0.632. The zero-order valence-corrected chi connectivity index (χ0v) is 28.1. The van der Waals surface area contributed by atoms with E-state index < -0.39 is 8.80 Å². The van der Waals surface area contributed by atoms with Crippen molar-refractivity contribution in [3.05, 3.63) is 199 Å². The molecule has 0 bridgehead atoms. The number of hydrogen-bond acceptors (Lipinski definition) is 1. The quantitative estimate of drug-likeness (QED) is 0.0668. The third-order valence-corrected chi connectivity index (χ3v) is 11.5. The van der Waals surface area contributed by atoms with Crippen molar-refractivity contribution < 1.29 is 0 Å². The maximum Gasteiger partial charge on any atom is 0.160 e. The van der Waals surface area contributed by atoms with E-state index in [1.165, 1.54) is 15.6 Å². The van der Waals surface area contributed by atoms with Gasteiger partial charge in [-0.2, -0.15) is 0 Å². The standard InChI is InChI=1S/C44H38N2Si/c1-32(2)36-19-14-22-39(29-36)40-23-15-20-37(30-40)33(3)45-44(35-17-8-5-9-18-35)46-34(4)38-21-16-28-43(31-38)47(41-24-10-6-11-25-41)42-26-12-7-13-27-42/h5-31,47H,1,3H2,2,4H3/b45-44-,46-34+. The Labute approximate surface area is 280 Å². The maximum atomic E-state index is 5.15. The summed E-state index contributed by atoms with van der Waals surface area (Å²) in [5.74, 6) is 0.632. The molecule has 0 saturated carbocycles. The van der Waals surface area contributed by atoms with Crippen molar-refractivity contribution in [2.75, 3.05) is 0 Å². The highest BCUT2D eigenvalue weighted by atomic mass is 28.3. The summed E-state index contributed by atoms with van der Waals surface area (Å²) < 4.78 is 0. The third kappa shape index (κ3) is 7.61. The van der Waals surface area contributed by atoms with E-state index in [9.17, 15) is 0 Å². The summed E-state index contributed by atoms with van der Waals surface area (Å²) in [7, 11) is -1.68. The van der Waals surface area contributed by atoms with Crippen LogP contribution >= 0.6 is 0 Å². The Morgan fingerprint density at radius 1 is 0.447 bits per heavy atom. The second-order valence-corrected chi connectivity index (χ2v) is 14.6. The molecule has 0 aromatic heterocycles. The lowest BCUT2D eigenvalue weighted by Gasteiger charge is -2.18. The first-order valence-electron chi connectivity index (χ1n) is 15.9. The van der Waals surface area contributed by atoms with E-state index in [1.54, 1.807) is 0 Å². The molecule has 0 atom stereocenters. The van der Waals surface area contributed by atoms with Crippen LogP contribution in [0.25, 0.3) is 22.4 Å². The highest BCUT2D eigenvalue weighted by molar-refractivity contribution is 6.95. The van der Waals surface area contributed by atoms with Gasteiger partial charge in [-0.05, 0) is 48.2 Å². The molecular weight excluding hydrogens is 585 g/mol. The maximum absolute atomic E-state index is 5.15. The van der Waals surface area contributed by atoms with Gasteiger partial charge in [0.1, 0.15) is 8.80 Å². The SMILES string of the molecule is C=C(C)c1cccc(-c2cccc(C(=C)/N=C(\N=C(/C)c3cccc([SiH](c4ccccc4)c4ccccc4)c3)c3ccccc3)c2)c1. The monoisotopic (exact) mass is 622 g/mol. The molecule has 228 valence electrons. The van der Waals surface area contributed by atoms with Crippen LogP contribution in [-0.2, 0) is 0 Å². The second-order valence-electron chi connectivity index (χ2n) is 11.8. The smallest absolute Gasteiger partial charge is 0.160 e. The van der Waals surface area contributed by atoms with Crippen LogP contribution in [0.2, 0.25) is 0 Å². The van der Waals surface area contributed by atoms with Gasteiger partial charge in [0, 0.05) is 16.8 Å². The molecule has 0 amide bonds. The normalized spacial score (nSPS) is 11.8. The van der Waals surface area contributed by atoms with Gasteiger partial charge >= 0.3 is 0 Å². The molecule has 0 N–H and O–H groups in total. The molecule has 0 saturated heterocycles. The number of amidine groups is 1. The van der Waals surface area contributed by atoms with Gasteiger partial charge in [-0.15, -0.1) is 0 Å². The Morgan fingerprint density at radius 3 is 1.51 bits per heavy atom. The van der Waals surface area contributed by atoms with Crippen LogP contribution in [0.15, 0.2) is 187 Å². The molecule has 0 fully saturated rings. The Morgan fingerprint density at radius 2 is 0.915 bits per heavy atom. The number of hydrogen-bond donors (Lipinski definition) is 0. The number of allylic oxidation sites excluding steroid dienone is 1. The average molecular weight is 623 g/mol. The van der Waals surface area contributed by atoms with Crippen LogP contribution < -0.4 is 15.6 Å². The topological polar surface area (TPSA) is 24.7 Å². The summed E-state index contributed by atoms with van der Waals surface area (Å²) in [5.41, 5.74) is 8.95. The largest absolute Gasteiger partial charge is 0.233 e. The van der Waals surface area contributed by atoms with Crippen LogP contribution in [0.1, 0.15) is 36.1 Å². The van der Waals surface area contributed by atoms with Crippen LogP contribution in [0.3, 0.4) is 0 Å². The van der Waals surface area contributed by atoms with Gasteiger partial charge in [-0.25, -0.2) is 9.98 Å². The summed E-state index contributed by atoms with van der Waals surface area (Å²) in [4.78, 5) is 10.2. The lowest BCUT2D eigenvalue weighted by molar-refractivity contribution is 1.44. The summed E-state index contributed by atoms with van der Waals surface area (Å²) in [6, 6.07) is 57.6. The molecule has 0 aliphatic carbocycles. The number of nitrogens with zero attached hydrogens (tertiary/aromatic N) is 2. The minimum atomic E-state index is -1.68. The molecule has 0 aliphatic heterocycles. The molecule has 0 aliphatic rings. The zero-order chi connectivity index (χ0) is 32.6. The van der Waals surface area contributed by atoms with E-state index in [4.69, 9.17) is 9.98 Å². The van der Waals surface area contributed by atoms with Crippen molar-refractivity contribution in [1.29, 1.82) is 0 Å². The van der Waals surface area contributed by atoms with Gasteiger partial charge < -0.3 is 0 Å². The van der Waals surface area contributed by atoms with Crippen LogP contribution in [0, 0.1) is 0 Å². The summed E-state index contributed by atoms with van der Waals surface area (Å²) >= 11 is 0. The molecule has 0 radical (unpaired) electrons. The van der Waals surface area contributed by atoms with Gasteiger partial charge in [-0.3, -0.25) is 0 Å². The molecule has 3 heteroatoms. The summed E-state index contributed by atoms with van der Waals surface area (Å²) in [6.07, 6.45) is 0. The van der Waals surface area contributed by atoms with Gasteiger partial charge in [0.15, 0.2) is 5.84 Å². The Bertz CT molecular complexity index is 2040. The van der Waals surface area contributed by atoms with Gasteiger partial charge in [0.2, 0.25) is 0 Å². The molecule has 47 heavy (non-hydrogen) atoms. The van der Waals surface area contributed by atoms with E-state index in [2.05, 4.69) is 154 Å². The van der Waals surface area contributed by atoms with Crippen molar-refractivity contribution >= 4 is 47.2 Å². The van der Waals surface area contributed by atoms with Crippen molar-refractivity contribution in [2.24, 2.45) is 9.98 Å². The first-order valence-corrected chi connectivity index (χ1v) is 17.6. The predicted octanol–water partition coefficient (Wildman–Crippen LogP) is 8.56. The molecule has 0 spiro atoms. The van der Waals surface area contributed by atoms with E-state index in [0.29, 0.717) is 11.5 Å². The van der Waals surface area contributed by atoms with Crippen LogP contribution in [0.5, 0.6) is 0 Å². The number of aliphatic imine (C=N–C) groups is 2. The fourth-order valence-corrected chi connectivity index (χ4v) is 8.83. The highest BCUT2D eigenvalue weighted by Gasteiger charge is 2.19. The van der Waals surface area contributed by atoms with E-state index >= 15 is 0 Å². The Balaban J connectivity index is 1.37. The number of rotatable bonds is 9. The molecule has 2 nitrogen and oxygen atoms in total. The molecular formula is C44H38N2Si. The first kappa shape index (κ1) is 31.3. The molecule has 6 aromatic carbocycles.